The first-order chi connectivity index (χ1) is 6.66. The largest absolute Gasteiger partial charge is 1.00 e. The summed E-state index contributed by atoms with van der Waals surface area (Å²) < 4.78 is 4.72. The van der Waals surface area contributed by atoms with Crippen molar-refractivity contribution in [2.45, 2.75) is 32.6 Å². The number of ether oxygens (including phenoxy) is 1. The molecular weight excluding hydrogens is 207 g/mol. The molecule has 0 saturated carbocycles. The Balaban J connectivity index is 0. The van der Waals surface area contributed by atoms with E-state index in [1.54, 1.807) is 0 Å². The van der Waals surface area contributed by atoms with Crippen LogP contribution in [0.15, 0.2) is 12.2 Å². The van der Waals surface area contributed by atoms with Gasteiger partial charge in [0.1, 0.15) is 0 Å². The van der Waals surface area contributed by atoms with Gasteiger partial charge >= 0.3 is 35.5 Å². The molecule has 0 aliphatic rings. The first kappa shape index (κ1) is 17.1. The molecule has 0 aromatic heterocycles. The van der Waals surface area contributed by atoms with Crippen LogP contribution in [0.5, 0.6) is 0 Å². The smallest absolute Gasteiger partial charge is 0.545 e. The van der Waals surface area contributed by atoms with Gasteiger partial charge in [-0.05, 0) is 12.5 Å². The number of carboxylic acids is 1. The number of esters is 1. The molecule has 80 valence electrons. The summed E-state index contributed by atoms with van der Waals surface area (Å²) in [6, 6.07) is 0. The Bertz CT molecular complexity index is 213. The number of carboxylic acid groups (broad SMARTS) is 1. The molecule has 0 aliphatic heterocycles. The van der Waals surface area contributed by atoms with Gasteiger partial charge < -0.3 is 14.6 Å². The second kappa shape index (κ2) is 11.8. The van der Waals surface area contributed by atoms with Crippen molar-refractivity contribution >= 4 is 11.9 Å². The number of unbranched alkanes of at least 4 members (excludes halogenated alkanes) is 3. The fourth-order valence-electron chi connectivity index (χ4n) is 0.886. The van der Waals surface area contributed by atoms with E-state index < -0.39 is 11.9 Å². The minimum atomic E-state index is -1.40. The van der Waals surface area contributed by atoms with E-state index in [0.717, 1.165) is 31.8 Å². The predicted octanol–water partition coefficient (Wildman–Crippen LogP) is -2.58. The summed E-state index contributed by atoms with van der Waals surface area (Å²) in [4.78, 5) is 20.7. The van der Waals surface area contributed by atoms with Crippen LogP contribution in [0.2, 0.25) is 0 Å². The van der Waals surface area contributed by atoms with Crippen LogP contribution >= 0.6 is 0 Å². The van der Waals surface area contributed by atoms with Crippen LogP contribution in [-0.2, 0) is 14.3 Å². The second-order valence-electron chi connectivity index (χ2n) is 2.88. The van der Waals surface area contributed by atoms with Crippen molar-refractivity contribution in [3.8, 4) is 0 Å². The monoisotopic (exact) mass is 222 g/mol. The third-order valence-electron chi connectivity index (χ3n) is 1.60. The zero-order valence-corrected chi connectivity index (χ0v) is 11.3. The quantitative estimate of drug-likeness (QED) is 0.205. The van der Waals surface area contributed by atoms with E-state index in [0.29, 0.717) is 12.7 Å². The van der Waals surface area contributed by atoms with Gasteiger partial charge in [0.15, 0.2) is 0 Å². The van der Waals surface area contributed by atoms with E-state index in [1.807, 2.05) is 0 Å². The third kappa shape index (κ3) is 13.7. The minimum Gasteiger partial charge on any atom is -0.545 e. The first-order valence-electron chi connectivity index (χ1n) is 4.72. The Morgan fingerprint density at radius 3 is 2.40 bits per heavy atom. The maximum absolute atomic E-state index is 10.8. The van der Waals surface area contributed by atoms with Gasteiger partial charge in [0.05, 0.1) is 12.6 Å². The Kier molecular flexibility index (Phi) is 13.4. The minimum absolute atomic E-state index is 0. The van der Waals surface area contributed by atoms with Crippen molar-refractivity contribution in [1.29, 1.82) is 0 Å². The number of rotatable bonds is 7. The zero-order chi connectivity index (χ0) is 10.8. The molecule has 4 nitrogen and oxygen atoms in total. The van der Waals surface area contributed by atoms with Crippen LogP contribution < -0.4 is 34.7 Å². The van der Waals surface area contributed by atoms with Gasteiger partial charge in [0.2, 0.25) is 0 Å². The van der Waals surface area contributed by atoms with E-state index in [1.165, 1.54) is 0 Å². The maximum atomic E-state index is 10.8. The van der Waals surface area contributed by atoms with E-state index >= 15 is 0 Å². The molecule has 0 aliphatic carbocycles. The van der Waals surface area contributed by atoms with Gasteiger partial charge in [-0.15, -0.1) is 0 Å². The van der Waals surface area contributed by atoms with E-state index in [2.05, 4.69) is 6.92 Å². The molecule has 0 unspecified atom stereocenters. The second-order valence-corrected chi connectivity index (χ2v) is 2.88. The Labute approximate surface area is 112 Å². The van der Waals surface area contributed by atoms with Gasteiger partial charge in [-0.2, -0.15) is 0 Å². The fraction of sp³-hybridized carbons (Fsp3) is 0.600. The molecule has 0 aromatic rings. The number of hydrogen-bond acceptors (Lipinski definition) is 4. The van der Waals surface area contributed by atoms with Crippen LogP contribution in [0, 0.1) is 0 Å². The molecule has 0 N–H and O–H groups in total. The van der Waals surface area contributed by atoms with Crippen molar-refractivity contribution in [2.24, 2.45) is 0 Å². The molecule has 5 heteroatoms. The third-order valence-corrected chi connectivity index (χ3v) is 1.60. The van der Waals surface area contributed by atoms with Crippen molar-refractivity contribution in [2.75, 3.05) is 6.61 Å². The molecule has 0 aromatic carbocycles. The van der Waals surface area contributed by atoms with Crippen molar-refractivity contribution in [3.05, 3.63) is 12.2 Å². The molecule has 0 spiro atoms. The summed E-state index contributed by atoms with van der Waals surface area (Å²) in [6.45, 7) is 2.44. The Morgan fingerprint density at radius 2 is 1.87 bits per heavy atom. The topological polar surface area (TPSA) is 66.4 Å². The number of aliphatic carboxylic acids is 1. The van der Waals surface area contributed by atoms with Gasteiger partial charge in [-0.3, -0.25) is 0 Å². The first-order valence-corrected chi connectivity index (χ1v) is 4.72. The van der Waals surface area contributed by atoms with Gasteiger partial charge in [-0.1, -0.05) is 26.2 Å². The number of hydrogen-bond donors (Lipinski definition) is 0. The van der Waals surface area contributed by atoms with Crippen LogP contribution in [0.4, 0.5) is 0 Å². The number of carbonyl (C=O) groups is 2. The standard InChI is InChI=1S/C10H16O4.Na/c1-2-3-4-5-8-14-10(13)7-6-9(11)12;/h6-7H,2-5,8H2,1H3,(H,11,12);/q;+1/p-1. The average Bonchev–Trinajstić information content (AvgIpc) is 2.14. The molecule has 0 saturated heterocycles. The molecule has 0 radical (unpaired) electrons. The normalized spacial score (nSPS) is 9.67. The van der Waals surface area contributed by atoms with Crippen LogP contribution in [0.25, 0.3) is 0 Å². The molecule has 0 heterocycles. The Morgan fingerprint density at radius 1 is 1.20 bits per heavy atom. The van der Waals surface area contributed by atoms with E-state index in [4.69, 9.17) is 4.74 Å². The molecule has 15 heavy (non-hydrogen) atoms. The molecular formula is C10H15NaO4. The fourth-order valence-corrected chi connectivity index (χ4v) is 0.886. The SMILES string of the molecule is CCCCCCOC(=O)C=CC(=O)[O-].[Na+]. The van der Waals surface area contributed by atoms with Crippen molar-refractivity contribution in [1.82, 2.24) is 0 Å². The van der Waals surface area contributed by atoms with Crippen LogP contribution in [0.1, 0.15) is 32.6 Å². The summed E-state index contributed by atoms with van der Waals surface area (Å²) in [5, 5.41) is 9.91. The molecule has 0 atom stereocenters. The molecule has 0 rings (SSSR count). The summed E-state index contributed by atoms with van der Waals surface area (Å²) >= 11 is 0. The molecule has 0 bridgehead atoms. The van der Waals surface area contributed by atoms with Gasteiger partial charge in [-0.25, -0.2) is 4.79 Å². The van der Waals surface area contributed by atoms with Gasteiger partial charge in [0, 0.05) is 6.08 Å². The van der Waals surface area contributed by atoms with E-state index in [9.17, 15) is 14.7 Å². The van der Waals surface area contributed by atoms with Gasteiger partial charge in [0.25, 0.3) is 0 Å². The van der Waals surface area contributed by atoms with Crippen molar-refractivity contribution in [3.63, 3.8) is 0 Å². The summed E-state index contributed by atoms with van der Waals surface area (Å²) in [6.07, 6.45) is 5.60. The summed E-state index contributed by atoms with van der Waals surface area (Å²) in [5.41, 5.74) is 0. The molecule has 0 amide bonds. The Hall–Kier alpha value is -0.320. The van der Waals surface area contributed by atoms with E-state index in [-0.39, 0.29) is 29.6 Å². The maximum Gasteiger partial charge on any atom is 1.00 e. The molecule has 0 fully saturated rings. The zero-order valence-electron chi connectivity index (χ0n) is 9.32. The average molecular weight is 222 g/mol. The predicted molar refractivity (Wildman–Crippen MR) is 49.2 cm³/mol. The van der Waals surface area contributed by atoms with Crippen LogP contribution in [0.3, 0.4) is 0 Å². The number of carbonyl (C=O) groups excluding carboxylic acids is 2. The summed E-state index contributed by atoms with van der Waals surface area (Å²) in [7, 11) is 0. The summed E-state index contributed by atoms with van der Waals surface area (Å²) in [5.74, 6) is -2.03. The van der Waals surface area contributed by atoms with Crippen LogP contribution in [-0.4, -0.2) is 18.5 Å². The van der Waals surface area contributed by atoms with Crippen molar-refractivity contribution < 1.29 is 49.0 Å².